The van der Waals surface area contributed by atoms with Gasteiger partial charge in [-0.1, -0.05) is 25.1 Å². The molecule has 2 aromatic carbocycles. The van der Waals surface area contributed by atoms with Gasteiger partial charge in [-0.2, -0.15) is 0 Å². The van der Waals surface area contributed by atoms with Crippen LogP contribution in [0.2, 0.25) is 0 Å². The Balaban J connectivity index is 2.32. The van der Waals surface area contributed by atoms with Gasteiger partial charge in [0.05, 0.1) is 9.82 Å². The van der Waals surface area contributed by atoms with Crippen molar-refractivity contribution in [3.63, 3.8) is 0 Å². The molecule has 0 spiro atoms. The number of nitro groups is 1. The lowest BCUT2D eigenvalue weighted by Crippen LogP contribution is -2.38. The van der Waals surface area contributed by atoms with E-state index >= 15 is 0 Å². The van der Waals surface area contributed by atoms with E-state index in [1.165, 1.54) is 4.90 Å². The average Bonchev–Trinajstić information content (AvgIpc) is 2.67. The number of aryl methyl sites for hydroxylation is 1. The summed E-state index contributed by atoms with van der Waals surface area (Å²) in [6.07, 6.45) is 1.44. The molecule has 0 unspecified atom stereocenters. The molecule has 0 fully saturated rings. The number of amides is 2. The molecular weight excluding hydrogens is 410 g/mol. The quantitative estimate of drug-likeness (QED) is 0.504. The lowest BCUT2D eigenvalue weighted by Gasteiger charge is -2.22. The number of nitrogens with zero attached hydrogens (tertiary/aromatic N) is 2. The van der Waals surface area contributed by atoms with E-state index in [0.717, 1.165) is 30.0 Å². The predicted octanol–water partition coefficient (Wildman–Crippen LogP) is 2.80. The van der Waals surface area contributed by atoms with Gasteiger partial charge in [-0.3, -0.25) is 19.7 Å². The van der Waals surface area contributed by atoms with Gasteiger partial charge in [-0.25, -0.2) is 8.42 Å². The second kappa shape index (κ2) is 9.49. The summed E-state index contributed by atoms with van der Waals surface area (Å²) in [7, 11) is -3.78. The molecule has 1 N–H and O–H groups in total. The van der Waals surface area contributed by atoms with E-state index in [4.69, 9.17) is 0 Å². The predicted molar refractivity (Wildman–Crippen MR) is 112 cm³/mol. The van der Waals surface area contributed by atoms with Gasteiger partial charge < -0.3 is 10.2 Å². The Hall–Kier alpha value is -3.27. The third-order valence-corrected chi connectivity index (χ3v) is 5.40. The van der Waals surface area contributed by atoms with Crippen LogP contribution in [-0.4, -0.2) is 49.4 Å². The highest BCUT2D eigenvalue weighted by Crippen LogP contribution is 2.22. The molecule has 30 heavy (non-hydrogen) atoms. The molecule has 0 atom stereocenters. The van der Waals surface area contributed by atoms with Crippen molar-refractivity contribution in [3.8, 4) is 0 Å². The molecule has 0 aliphatic carbocycles. The third-order valence-electron chi connectivity index (χ3n) is 4.31. The molecule has 0 radical (unpaired) electrons. The van der Waals surface area contributed by atoms with Crippen molar-refractivity contribution >= 4 is 33.0 Å². The van der Waals surface area contributed by atoms with Crippen LogP contribution in [0, 0.1) is 17.0 Å². The van der Waals surface area contributed by atoms with Crippen molar-refractivity contribution in [1.29, 1.82) is 0 Å². The highest BCUT2D eigenvalue weighted by molar-refractivity contribution is 7.90. The molecule has 10 heteroatoms. The minimum absolute atomic E-state index is 0.165. The Morgan fingerprint density at radius 1 is 1.17 bits per heavy atom. The summed E-state index contributed by atoms with van der Waals surface area (Å²) in [5.74, 6) is -1.09. The van der Waals surface area contributed by atoms with Crippen LogP contribution in [-0.2, 0) is 14.6 Å². The molecule has 2 amide bonds. The van der Waals surface area contributed by atoms with Gasteiger partial charge in [0.2, 0.25) is 5.91 Å². The minimum Gasteiger partial charge on any atom is -0.329 e. The smallest absolute Gasteiger partial charge is 0.271 e. The molecule has 2 rings (SSSR count). The van der Waals surface area contributed by atoms with Crippen molar-refractivity contribution < 1.29 is 22.9 Å². The fourth-order valence-electron chi connectivity index (χ4n) is 2.81. The maximum atomic E-state index is 13.0. The van der Waals surface area contributed by atoms with Crippen molar-refractivity contribution in [2.75, 3.05) is 24.7 Å². The summed E-state index contributed by atoms with van der Waals surface area (Å²) < 4.78 is 23.8. The molecular formula is C20H23N3O6S. The summed E-state index contributed by atoms with van der Waals surface area (Å²) in [6.45, 7) is 3.59. The van der Waals surface area contributed by atoms with Gasteiger partial charge in [0.25, 0.3) is 11.6 Å². The van der Waals surface area contributed by atoms with E-state index in [1.54, 1.807) is 12.1 Å². The lowest BCUT2D eigenvalue weighted by atomic mass is 10.1. The van der Waals surface area contributed by atoms with Crippen molar-refractivity contribution in [1.82, 2.24) is 4.90 Å². The summed E-state index contributed by atoms with van der Waals surface area (Å²) in [4.78, 5) is 36.8. The second-order valence-corrected chi connectivity index (χ2v) is 8.85. The highest BCUT2D eigenvalue weighted by atomic mass is 32.2. The normalized spacial score (nSPS) is 11.0. The number of benzene rings is 2. The number of hydrogen-bond acceptors (Lipinski definition) is 6. The van der Waals surface area contributed by atoms with Crippen LogP contribution < -0.4 is 5.32 Å². The van der Waals surface area contributed by atoms with Crippen LogP contribution in [0.3, 0.4) is 0 Å². The van der Waals surface area contributed by atoms with Gasteiger partial charge in [0.15, 0.2) is 9.84 Å². The molecule has 160 valence electrons. The Morgan fingerprint density at radius 3 is 2.40 bits per heavy atom. The molecule has 0 aliphatic rings. The zero-order valence-electron chi connectivity index (χ0n) is 16.9. The Labute approximate surface area is 174 Å². The molecule has 0 heterocycles. The monoisotopic (exact) mass is 433 g/mol. The van der Waals surface area contributed by atoms with Crippen LogP contribution >= 0.6 is 0 Å². The van der Waals surface area contributed by atoms with Gasteiger partial charge in [-0.15, -0.1) is 0 Å². The minimum atomic E-state index is -3.78. The molecule has 0 saturated carbocycles. The van der Waals surface area contributed by atoms with Crippen molar-refractivity contribution in [3.05, 3.63) is 63.7 Å². The maximum absolute atomic E-state index is 13.0. The number of hydrogen-bond donors (Lipinski definition) is 1. The number of non-ortho nitro benzene ring substituents is 1. The third kappa shape index (κ3) is 5.86. The maximum Gasteiger partial charge on any atom is 0.271 e. The summed E-state index contributed by atoms with van der Waals surface area (Å²) in [6, 6.07) is 10.2. The van der Waals surface area contributed by atoms with E-state index in [2.05, 4.69) is 5.32 Å². The number of nitro benzene ring substituents is 1. The Morgan fingerprint density at radius 2 is 1.83 bits per heavy atom. The van der Waals surface area contributed by atoms with E-state index < -0.39 is 32.3 Å². The van der Waals surface area contributed by atoms with Gasteiger partial charge in [-0.05, 0) is 31.0 Å². The van der Waals surface area contributed by atoms with Crippen LogP contribution in [0.15, 0.2) is 47.4 Å². The molecule has 0 aromatic heterocycles. The molecule has 9 nitrogen and oxygen atoms in total. The summed E-state index contributed by atoms with van der Waals surface area (Å²) in [5.41, 5.74) is 0.792. The van der Waals surface area contributed by atoms with E-state index in [9.17, 15) is 28.1 Å². The first kappa shape index (κ1) is 23.0. The number of carbonyl (C=O) groups is 2. The number of anilines is 1. The topological polar surface area (TPSA) is 127 Å². The van der Waals surface area contributed by atoms with Crippen LogP contribution in [0.5, 0.6) is 0 Å². The standard InChI is InChI=1S/C20H23N3O6S/c1-4-9-22(13-19(24)21-18-8-6-5-7-14(18)2)20(25)15-10-16(23(26)27)12-17(11-15)30(3,28)29/h5-8,10-12H,4,9,13H2,1-3H3,(H,21,24). The first-order valence-corrected chi connectivity index (χ1v) is 11.1. The fraction of sp³-hybridized carbons (Fsp3) is 0.300. The summed E-state index contributed by atoms with van der Waals surface area (Å²) in [5, 5.41) is 13.9. The van der Waals surface area contributed by atoms with Gasteiger partial charge in [0, 0.05) is 36.2 Å². The molecule has 0 aliphatic heterocycles. The number of para-hydroxylation sites is 1. The van der Waals surface area contributed by atoms with Crippen molar-refractivity contribution in [2.24, 2.45) is 0 Å². The van der Waals surface area contributed by atoms with E-state index in [-0.39, 0.29) is 23.5 Å². The number of carbonyl (C=O) groups excluding carboxylic acids is 2. The molecule has 0 saturated heterocycles. The number of rotatable bonds is 8. The van der Waals surface area contributed by atoms with Crippen LogP contribution in [0.25, 0.3) is 0 Å². The number of nitrogens with one attached hydrogen (secondary N) is 1. The van der Waals surface area contributed by atoms with Crippen molar-refractivity contribution in [2.45, 2.75) is 25.2 Å². The number of sulfone groups is 1. The first-order valence-electron chi connectivity index (χ1n) is 9.17. The van der Waals surface area contributed by atoms with Crippen LogP contribution in [0.4, 0.5) is 11.4 Å². The second-order valence-electron chi connectivity index (χ2n) is 6.83. The Bertz CT molecular complexity index is 1080. The van der Waals surface area contributed by atoms with Crippen LogP contribution in [0.1, 0.15) is 29.3 Å². The van der Waals surface area contributed by atoms with E-state index in [0.29, 0.717) is 12.1 Å². The zero-order valence-corrected chi connectivity index (χ0v) is 17.7. The Kier molecular flexibility index (Phi) is 7.28. The summed E-state index contributed by atoms with van der Waals surface area (Å²) >= 11 is 0. The molecule has 2 aromatic rings. The lowest BCUT2D eigenvalue weighted by molar-refractivity contribution is -0.385. The van der Waals surface area contributed by atoms with Gasteiger partial charge in [0.1, 0.15) is 6.54 Å². The van der Waals surface area contributed by atoms with Gasteiger partial charge >= 0.3 is 0 Å². The first-order chi connectivity index (χ1) is 14.0. The highest BCUT2D eigenvalue weighted by Gasteiger charge is 2.23. The largest absolute Gasteiger partial charge is 0.329 e. The fourth-order valence-corrected chi connectivity index (χ4v) is 3.48. The van der Waals surface area contributed by atoms with E-state index in [1.807, 2.05) is 26.0 Å². The average molecular weight is 433 g/mol. The SMILES string of the molecule is CCCN(CC(=O)Nc1ccccc1C)C(=O)c1cc([N+](=O)[O-])cc(S(C)(=O)=O)c1. The molecule has 0 bridgehead atoms. The zero-order chi connectivity index (χ0) is 22.5.